The van der Waals surface area contributed by atoms with Crippen LogP contribution in [0.15, 0.2) is 42.5 Å². The van der Waals surface area contributed by atoms with Crippen LogP contribution in [0.4, 0.5) is 0 Å². The largest absolute Gasteiger partial charge is 0.491 e. The van der Waals surface area contributed by atoms with Crippen molar-refractivity contribution < 1.29 is 9.53 Å². The molecule has 2 nitrogen and oxygen atoms in total. The Kier molecular flexibility index (Phi) is 5.27. The third-order valence-corrected chi connectivity index (χ3v) is 3.50. The highest BCUT2D eigenvalue weighted by Crippen LogP contribution is 2.23. The molecule has 0 fully saturated rings. The summed E-state index contributed by atoms with van der Waals surface area (Å²) in [5, 5.41) is 1.07. The normalized spacial score (nSPS) is 10.7. The molecule has 0 heterocycles. The number of Topliss-reactive ketones (excluding diaryl/α,β-unsaturated/α-hetero) is 1. The molecule has 0 aliphatic heterocycles. The molecular formula is C17H16Cl2O2. The van der Waals surface area contributed by atoms with Crippen LogP contribution in [0.1, 0.15) is 29.8 Å². The van der Waals surface area contributed by atoms with E-state index in [0.717, 1.165) is 11.3 Å². The van der Waals surface area contributed by atoms with Gasteiger partial charge in [-0.25, -0.2) is 0 Å². The van der Waals surface area contributed by atoms with Gasteiger partial charge in [-0.2, -0.15) is 0 Å². The average Bonchev–Trinajstić information content (AvgIpc) is 2.42. The lowest BCUT2D eigenvalue weighted by Crippen LogP contribution is -2.07. The van der Waals surface area contributed by atoms with E-state index in [1.165, 1.54) is 0 Å². The number of carbonyl (C=O) groups excluding carboxylic acids is 1. The molecule has 110 valence electrons. The van der Waals surface area contributed by atoms with Crippen LogP contribution in [0.2, 0.25) is 10.0 Å². The number of rotatable bonds is 5. The molecule has 0 spiro atoms. The van der Waals surface area contributed by atoms with Crippen molar-refractivity contribution in [1.29, 1.82) is 0 Å². The van der Waals surface area contributed by atoms with Crippen molar-refractivity contribution in [1.82, 2.24) is 0 Å². The Morgan fingerprint density at radius 1 is 1.10 bits per heavy atom. The van der Waals surface area contributed by atoms with E-state index in [0.29, 0.717) is 15.6 Å². The van der Waals surface area contributed by atoms with E-state index in [9.17, 15) is 4.79 Å². The van der Waals surface area contributed by atoms with E-state index in [1.807, 2.05) is 13.8 Å². The Bertz CT molecular complexity index is 634. The third-order valence-electron chi connectivity index (χ3n) is 2.91. The van der Waals surface area contributed by atoms with Crippen LogP contribution in [0, 0.1) is 0 Å². The van der Waals surface area contributed by atoms with E-state index >= 15 is 0 Å². The van der Waals surface area contributed by atoms with E-state index in [-0.39, 0.29) is 18.3 Å². The maximum Gasteiger partial charge on any atom is 0.167 e. The first kappa shape index (κ1) is 15.9. The van der Waals surface area contributed by atoms with Crippen LogP contribution in [0.25, 0.3) is 0 Å². The van der Waals surface area contributed by atoms with Gasteiger partial charge in [0, 0.05) is 22.0 Å². The van der Waals surface area contributed by atoms with Crippen LogP contribution in [-0.2, 0) is 6.42 Å². The maximum absolute atomic E-state index is 12.3. The number of ketones is 1. The van der Waals surface area contributed by atoms with E-state index in [1.54, 1.807) is 42.5 Å². The van der Waals surface area contributed by atoms with Crippen LogP contribution < -0.4 is 4.74 Å². The second kappa shape index (κ2) is 6.97. The van der Waals surface area contributed by atoms with Gasteiger partial charge in [-0.15, -0.1) is 0 Å². The SMILES string of the molecule is CC(C)Oc1ccc(C(=O)Cc2ccc(Cl)cc2Cl)cc1. The highest BCUT2D eigenvalue weighted by atomic mass is 35.5. The first-order valence-electron chi connectivity index (χ1n) is 6.69. The third kappa shape index (κ3) is 4.48. The standard InChI is InChI=1S/C17H16Cl2O2/c1-11(2)21-15-7-4-12(5-8-15)17(20)9-13-3-6-14(18)10-16(13)19/h3-8,10-11H,9H2,1-2H3. The predicted octanol–water partition coefficient (Wildman–Crippen LogP) is 5.21. The van der Waals surface area contributed by atoms with Crippen LogP contribution >= 0.6 is 23.2 Å². The Balaban J connectivity index is 2.09. The monoisotopic (exact) mass is 322 g/mol. The zero-order chi connectivity index (χ0) is 15.4. The summed E-state index contributed by atoms with van der Waals surface area (Å²) in [6.45, 7) is 3.92. The molecule has 0 bridgehead atoms. The highest BCUT2D eigenvalue weighted by Gasteiger charge is 2.10. The molecule has 0 aliphatic rings. The number of hydrogen-bond acceptors (Lipinski definition) is 2. The number of carbonyl (C=O) groups is 1. The first-order chi connectivity index (χ1) is 9.95. The van der Waals surface area contributed by atoms with Crippen LogP contribution in [0.5, 0.6) is 5.75 Å². The quantitative estimate of drug-likeness (QED) is 0.706. The Hall–Kier alpha value is -1.51. The minimum Gasteiger partial charge on any atom is -0.491 e. The molecule has 0 radical (unpaired) electrons. The Morgan fingerprint density at radius 2 is 1.76 bits per heavy atom. The smallest absolute Gasteiger partial charge is 0.167 e. The van der Waals surface area contributed by atoms with Crippen molar-refractivity contribution in [2.75, 3.05) is 0 Å². The summed E-state index contributed by atoms with van der Waals surface area (Å²) in [5.74, 6) is 0.765. The van der Waals surface area contributed by atoms with Crippen molar-refractivity contribution in [3.63, 3.8) is 0 Å². The zero-order valence-electron chi connectivity index (χ0n) is 11.9. The summed E-state index contributed by atoms with van der Waals surface area (Å²) in [6.07, 6.45) is 0.361. The molecule has 0 saturated carbocycles. The zero-order valence-corrected chi connectivity index (χ0v) is 13.4. The average molecular weight is 323 g/mol. The molecule has 0 aliphatic carbocycles. The second-order valence-corrected chi connectivity index (χ2v) is 5.87. The summed E-state index contributed by atoms with van der Waals surface area (Å²) in [5.41, 5.74) is 1.41. The minimum atomic E-state index is 0.00955. The molecule has 2 aromatic carbocycles. The van der Waals surface area contributed by atoms with Gasteiger partial charge in [-0.1, -0.05) is 29.3 Å². The van der Waals surface area contributed by atoms with Crippen molar-refractivity contribution in [3.05, 3.63) is 63.6 Å². The first-order valence-corrected chi connectivity index (χ1v) is 7.45. The van der Waals surface area contributed by atoms with Crippen molar-refractivity contribution in [3.8, 4) is 5.75 Å². The van der Waals surface area contributed by atoms with Crippen LogP contribution in [0.3, 0.4) is 0 Å². The number of benzene rings is 2. The highest BCUT2D eigenvalue weighted by molar-refractivity contribution is 6.35. The molecule has 0 amide bonds. The number of halogens is 2. The molecule has 0 N–H and O–H groups in total. The van der Waals surface area contributed by atoms with Gasteiger partial charge in [-0.05, 0) is 55.8 Å². The van der Waals surface area contributed by atoms with E-state index in [2.05, 4.69) is 0 Å². The van der Waals surface area contributed by atoms with E-state index < -0.39 is 0 Å². The van der Waals surface area contributed by atoms with Gasteiger partial charge in [0.05, 0.1) is 6.10 Å². The lowest BCUT2D eigenvalue weighted by atomic mass is 10.0. The fraction of sp³-hybridized carbons (Fsp3) is 0.235. The molecule has 0 unspecified atom stereocenters. The lowest BCUT2D eigenvalue weighted by Gasteiger charge is -2.10. The summed E-state index contributed by atoms with van der Waals surface area (Å²) >= 11 is 11.9. The fourth-order valence-corrected chi connectivity index (χ4v) is 2.41. The molecule has 2 rings (SSSR count). The molecule has 0 atom stereocenters. The summed E-state index contributed by atoms with van der Waals surface area (Å²) < 4.78 is 5.55. The Labute approximate surface area is 134 Å². The second-order valence-electron chi connectivity index (χ2n) is 5.03. The van der Waals surface area contributed by atoms with Crippen molar-refractivity contribution in [2.45, 2.75) is 26.4 Å². The summed E-state index contributed by atoms with van der Waals surface area (Å²) in [4.78, 5) is 12.3. The number of ether oxygens (including phenoxy) is 1. The predicted molar refractivity (Wildman–Crippen MR) is 86.7 cm³/mol. The summed E-state index contributed by atoms with van der Waals surface area (Å²) in [6, 6.07) is 12.3. The minimum absolute atomic E-state index is 0.00955. The lowest BCUT2D eigenvalue weighted by molar-refractivity contribution is 0.0993. The molecular weight excluding hydrogens is 307 g/mol. The van der Waals surface area contributed by atoms with Crippen molar-refractivity contribution in [2.24, 2.45) is 0 Å². The van der Waals surface area contributed by atoms with Crippen molar-refractivity contribution >= 4 is 29.0 Å². The number of hydrogen-bond donors (Lipinski definition) is 0. The molecule has 21 heavy (non-hydrogen) atoms. The van der Waals surface area contributed by atoms with Gasteiger partial charge in [0.15, 0.2) is 5.78 Å². The van der Waals surface area contributed by atoms with Crippen LogP contribution in [-0.4, -0.2) is 11.9 Å². The van der Waals surface area contributed by atoms with E-state index in [4.69, 9.17) is 27.9 Å². The Morgan fingerprint density at radius 3 is 2.33 bits per heavy atom. The van der Waals surface area contributed by atoms with Gasteiger partial charge in [0.25, 0.3) is 0 Å². The topological polar surface area (TPSA) is 26.3 Å². The molecule has 4 heteroatoms. The fourth-order valence-electron chi connectivity index (χ4n) is 1.93. The van der Waals surface area contributed by atoms with Gasteiger partial charge in [-0.3, -0.25) is 4.79 Å². The van der Waals surface area contributed by atoms with Gasteiger partial charge in [0.2, 0.25) is 0 Å². The van der Waals surface area contributed by atoms with Gasteiger partial charge >= 0.3 is 0 Å². The summed E-state index contributed by atoms with van der Waals surface area (Å²) in [7, 11) is 0. The van der Waals surface area contributed by atoms with Gasteiger partial charge < -0.3 is 4.74 Å². The maximum atomic E-state index is 12.3. The molecule has 0 saturated heterocycles. The van der Waals surface area contributed by atoms with Gasteiger partial charge in [0.1, 0.15) is 5.75 Å². The molecule has 0 aromatic heterocycles. The molecule has 2 aromatic rings.